The van der Waals surface area contributed by atoms with Gasteiger partial charge in [0.25, 0.3) is 0 Å². The maximum atomic E-state index is 10.9. The Labute approximate surface area is 143 Å². The van der Waals surface area contributed by atoms with Crippen LogP contribution in [-0.4, -0.2) is 13.1 Å². The molecule has 0 aromatic carbocycles. The van der Waals surface area contributed by atoms with Gasteiger partial charge in [-0.05, 0) is 44.9 Å². The third kappa shape index (κ3) is 18.6. The monoisotopic (exact) mass is 320 g/mol. The molecular weight excluding hydrogens is 284 g/mol. The molecule has 0 aromatic rings. The van der Waals surface area contributed by atoms with Crippen molar-refractivity contribution in [2.45, 2.75) is 84.0 Å². The molecule has 0 aliphatic carbocycles. The zero-order valence-electron chi connectivity index (χ0n) is 15.3. The lowest BCUT2D eigenvalue weighted by molar-refractivity contribution is -0.140. The summed E-state index contributed by atoms with van der Waals surface area (Å²) in [6.07, 6.45) is 27.0. The van der Waals surface area contributed by atoms with Crippen LogP contribution < -0.4 is 0 Å². The smallest absolute Gasteiger partial charge is 0.305 e. The Morgan fingerprint density at radius 3 is 1.78 bits per heavy atom. The summed E-state index contributed by atoms with van der Waals surface area (Å²) >= 11 is 0. The lowest BCUT2D eigenvalue weighted by Gasteiger charge is -1.98. The van der Waals surface area contributed by atoms with E-state index in [1.807, 2.05) is 0 Å². The Hall–Kier alpha value is -1.31. The van der Waals surface area contributed by atoms with E-state index in [-0.39, 0.29) is 5.97 Å². The Kier molecular flexibility index (Phi) is 17.7. The van der Waals surface area contributed by atoms with Gasteiger partial charge >= 0.3 is 5.97 Å². The number of carbonyl (C=O) groups is 1. The number of methoxy groups -OCH3 is 1. The van der Waals surface area contributed by atoms with Crippen LogP contribution in [0.5, 0.6) is 0 Å². The van der Waals surface area contributed by atoms with Gasteiger partial charge in [-0.3, -0.25) is 4.79 Å². The van der Waals surface area contributed by atoms with Crippen molar-refractivity contribution < 1.29 is 9.53 Å². The fraction of sp³-hybridized carbons (Fsp3) is 0.667. The highest BCUT2D eigenvalue weighted by molar-refractivity contribution is 5.68. The molecule has 2 nitrogen and oxygen atoms in total. The van der Waals surface area contributed by atoms with Gasteiger partial charge in [-0.2, -0.15) is 0 Å². The molecule has 0 amide bonds. The fourth-order valence-electron chi connectivity index (χ4n) is 2.28. The molecule has 2 heteroatoms. The number of carbonyl (C=O) groups excluding carboxylic acids is 1. The summed E-state index contributed by atoms with van der Waals surface area (Å²) < 4.78 is 4.61. The van der Waals surface area contributed by atoms with E-state index in [1.54, 1.807) is 0 Å². The molecule has 0 rings (SSSR count). The highest BCUT2D eigenvalue weighted by Gasteiger charge is 1.97. The third-order valence-electron chi connectivity index (χ3n) is 3.75. The lowest BCUT2D eigenvalue weighted by atomic mass is 10.1. The van der Waals surface area contributed by atoms with Crippen LogP contribution in [0.15, 0.2) is 36.5 Å². The molecule has 23 heavy (non-hydrogen) atoms. The second-order valence-electron chi connectivity index (χ2n) is 5.91. The topological polar surface area (TPSA) is 26.3 Å². The van der Waals surface area contributed by atoms with E-state index in [0.29, 0.717) is 6.42 Å². The summed E-state index contributed by atoms with van der Waals surface area (Å²) in [7, 11) is 1.45. The van der Waals surface area contributed by atoms with Crippen LogP contribution in [0.3, 0.4) is 0 Å². The van der Waals surface area contributed by atoms with Crippen LogP contribution >= 0.6 is 0 Å². The first kappa shape index (κ1) is 21.7. The summed E-state index contributed by atoms with van der Waals surface area (Å²) in [5.74, 6) is -0.0966. The largest absolute Gasteiger partial charge is 0.469 e. The van der Waals surface area contributed by atoms with Crippen LogP contribution in [0.25, 0.3) is 0 Å². The quantitative estimate of drug-likeness (QED) is 0.195. The number of hydrogen-bond donors (Lipinski definition) is 0. The van der Waals surface area contributed by atoms with E-state index < -0.39 is 0 Å². The highest BCUT2D eigenvalue weighted by Crippen LogP contribution is 2.05. The van der Waals surface area contributed by atoms with Crippen molar-refractivity contribution in [2.75, 3.05) is 7.11 Å². The van der Waals surface area contributed by atoms with E-state index >= 15 is 0 Å². The standard InChI is InChI=1S/C21H36O2/c1-3-4-5-6-7-8-9-10-11-12-13-14-15-16-17-18-19-20-21(22)23-2/h8-9,11-12,14-15H,3-7,10,13,16-20H2,1-2H3/b9-8+,12-11+,15-14+. The van der Waals surface area contributed by atoms with Gasteiger partial charge in [0.1, 0.15) is 0 Å². The predicted octanol–water partition coefficient (Wildman–Crippen LogP) is 6.53. The Morgan fingerprint density at radius 2 is 1.26 bits per heavy atom. The molecule has 0 aromatic heterocycles. The number of hydrogen-bond acceptors (Lipinski definition) is 2. The zero-order valence-corrected chi connectivity index (χ0v) is 15.3. The van der Waals surface area contributed by atoms with Crippen molar-refractivity contribution in [2.24, 2.45) is 0 Å². The Morgan fingerprint density at radius 1 is 0.739 bits per heavy atom. The SMILES string of the molecule is CCCCCC/C=C/C/C=C/C/C=C/CCCCCC(=O)OC. The molecule has 0 aliphatic rings. The van der Waals surface area contributed by atoms with E-state index in [2.05, 4.69) is 48.1 Å². The molecular formula is C21H36O2. The second-order valence-corrected chi connectivity index (χ2v) is 5.91. The van der Waals surface area contributed by atoms with Gasteiger partial charge in [-0.1, -0.05) is 69.1 Å². The molecule has 0 N–H and O–H groups in total. The van der Waals surface area contributed by atoms with Crippen LogP contribution in [0, 0.1) is 0 Å². The van der Waals surface area contributed by atoms with Crippen molar-refractivity contribution in [3.05, 3.63) is 36.5 Å². The number of esters is 1. The van der Waals surface area contributed by atoms with Crippen molar-refractivity contribution in [3.63, 3.8) is 0 Å². The molecule has 0 aliphatic heterocycles. The normalized spacial score (nSPS) is 11.9. The summed E-state index contributed by atoms with van der Waals surface area (Å²) in [5, 5.41) is 0. The van der Waals surface area contributed by atoms with Gasteiger partial charge in [-0.15, -0.1) is 0 Å². The van der Waals surface area contributed by atoms with Crippen LogP contribution in [0.4, 0.5) is 0 Å². The molecule has 0 saturated carbocycles. The zero-order chi connectivity index (χ0) is 17.0. The van der Waals surface area contributed by atoms with Gasteiger partial charge in [0.15, 0.2) is 0 Å². The van der Waals surface area contributed by atoms with E-state index in [4.69, 9.17) is 0 Å². The maximum Gasteiger partial charge on any atom is 0.305 e. The van der Waals surface area contributed by atoms with Gasteiger partial charge < -0.3 is 4.74 Å². The Bertz CT molecular complexity index is 340. The molecule has 0 radical (unpaired) electrons. The predicted molar refractivity (Wildman–Crippen MR) is 101 cm³/mol. The summed E-state index contributed by atoms with van der Waals surface area (Å²) in [5.41, 5.74) is 0. The lowest BCUT2D eigenvalue weighted by Crippen LogP contribution is -1.98. The van der Waals surface area contributed by atoms with Crippen LogP contribution in [0.1, 0.15) is 84.0 Å². The maximum absolute atomic E-state index is 10.9. The highest BCUT2D eigenvalue weighted by atomic mass is 16.5. The number of unbranched alkanes of at least 4 members (excludes halogenated alkanes) is 7. The molecule has 132 valence electrons. The van der Waals surface area contributed by atoms with E-state index in [0.717, 1.165) is 38.5 Å². The molecule has 0 saturated heterocycles. The minimum Gasteiger partial charge on any atom is -0.469 e. The summed E-state index contributed by atoms with van der Waals surface area (Å²) in [4.78, 5) is 10.9. The van der Waals surface area contributed by atoms with E-state index in [9.17, 15) is 4.79 Å². The molecule has 0 bridgehead atoms. The molecule has 0 spiro atoms. The molecule has 0 atom stereocenters. The summed E-state index contributed by atoms with van der Waals surface area (Å²) in [6, 6.07) is 0. The van der Waals surface area contributed by atoms with Crippen molar-refractivity contribution in [1.29, 1.82) is 0 Å². The van der Waals surface area contributed by atoms with Crippen LogP contribution in [0.2, 0.25) is 0 Å². The van der Waals surface area contributed by atoms with Gasteiger partial charge in [0.2, 0.25) is 0 Å². The molecule has 0 fully saturated rings. The van der Waals surface area contributed by atoms with E-state index in [1.165, 1.54) is 39.2 Å². The van der Waals surface area contributed by atoms with Crippen molar-refractivity contribution >= 4 is 5.97 Å². The molecule has 0 unspecified atom stereocenters. The minimum atomic E-state index is -0.0966. The average Bonchev–Trinajstić information content (AvgIpc) is 2.57. The number of allylic oxidation sites excluding steroid dienone is 6. The first-order valence-electron chi connectivity index (χ1n) is 9.33. The van der Waals surface area contributed by atoms with Gasteiger partial charge in [0.05, 0.1) is 7.11 Å². The fourth-order valence-corrected chi connectivity index (χ4v) is 2.28. The van der Waals surface area contributed by atoms with Crippen molar-refractivity contribution in [3.8, 4) is 0 Å². The average molecular weight is 321 g/mol. The Balaban J connectivity index is 3.32. The first-order chi connectivity index (χ1) is 11.3. The number of rotatable bonds is 15. The first-order valence-corrected chi connectivity index (χ1v) is 9.33. The minimum absolute atomic E-state index is 0.0966. The molecule has 0 heterocycles. The van der Waals surface area contributed by atoms with Crippen LogP contribution in [-0.2, 0) is 9.53 Å². The van der Waals surface area contributed by atoms with Gasteiger partial charge in [-0.25, -0.2) is 0 Å². The van der Waals surface area contributed by atoms with Crippen molar-refractivity contribution in [1.82, 2.24) is 0 Å². The summed E-state index contributed by atoms with van der Waals surface area (Å²) in [6.45, 7) is 2.25. The second kappa shape index (κ2) is 18.7. The number of ether oxygens (including phenoxy) is 1. The third-order valence-corrected chi connectivity index (χ3v) is 3.75. The van der Waals surface area contributed by atoms with Gasteiger partial charge in [0, 0.05) is 6.42 Å².